The van der Waals surface area contributed by atoms with Crippen LogP contribution in [-0.4, -0.2) is 42.9 Å². The second kappa shape index (κ2) is 9.80. The number of nitrogens with zero attached hydrogens (tertiary/aromatic N) is 2. The second-order valence-corrected chi connectivity index (χ2v) is 6.80. The number of guanidine groups is 1. The van der Waals surface area contributed by atoms with Gasteiger partial charge in [0.15, 0.2) is 5.96 Å². The van der Waals surface area contributed by atoms with Crippen molar-refractivity contribution in [1.29, 1.82) is 0 Å². The van der Waals surface area contributed by atoms with Crippen molar-refractivity contribution in [2.45, 2.75) is 26.3 Å². The number of carbonyl (C=O) groups excluding carboxylic acids is 1. The molecule has 2 heterocycles. The van der Waals surface area contributed by atoms with E-state index in [1.54, 1.807) is 6.26 Å². The number of amides is 1. The zero-order valence-electron chi connectivity index (χ0n) is 15.9. The van der Waals surface area contributed by atoms with E-state index < -0.39 is 0 Å². The molecule has 1 unspecified atom stereocenters. The number of rotatable bonds is 8. The number of aliphatic imine (C=N–C) groups is 1. The normalized spacial score (nSPS) is 17.4. The molecule has 1 atom stereocenters. The molecular weight excluding hydrogens is 340 g/mol. The predicted octanol–water partition coefficient (Wildman–Crippen LogP) is 2.43. The highest BCUT2D eigenvalue weighted by Gasteiger charge is 2.29. The Labute approximate surface area is 160 Å². The molecule has 0 radical (unpaired) electrons. The topological polar surface area (TPSA) is 69.9 Å². The fourth-order valence-electron chi connectivity index (χ4n) is 3.26. The number of nitrogens with one attached hydrogen (secondary N) is 2. The number of likely N-dealkylation sites (tertiary alicyclic amines) is 1. The average molecular weight is 368 g/mol. The number of hydrogen-bond donors (Lipinski definition) is 2. The van der Waals surface area contributed by atoms with Gasteiger partial charge in [-0.05, 0) is 31.0 Å². The minimum atomic E-state index is 0.246. The molecule has 1 fully saturated rings. The zero-order valence-corrected chi connectivity index (χ0v) is 15.9. The molecule has 0 bridgehead atoms. The Bertz CT molecular complexity index is 728. The molecule has 1 saturated heterocycles. The summed E-state index contributed by atoms with van der Waals surface area (Å²) in [5.41, 5.74) is 1.27. The third-order valence-electron chi connectivity index (χ3n) is 4.68. The van der Waals surface area contributed by atoms with Gasteiger partial charge in [-0.1, -0.05) is 30.3 Å². The first-order chi connectivity index (χ1) is 13.2. The van der Waals surface area contributed by atoms with Gasteiger partial charge in [-0.15, -0.1) is 0 Å². The van der Waals surface area contributed by atoms with Crippen molar-refractivity contribution in [3.05, 3.63) is 60.1 Å². The maximum atomic E-state index is 12.3. The Morgan fingerprint density at radius 1 is 1.22 bits per heavy atom. The van der Waals surface area contributed by atoms with Crippen LogP contribution in [-0.2, 0) is 17.8 Å². The van der Waals surface area contributed by atoms with E-state index in [9.17, 15) is 4.79 Å². The van der Waals surface area contributed by atoms with Crippen molar-refractivity contribution in [3.8, 4) is 0 Å². The Balaban J connectivity index is 1.45. The highest BCUT2D eigenvalue weighted by atomic mass is 16.3. The first kappa shape index (κ1) is 19.0. The zero-order chi connectivity index (χ0) is 18.9. The molecule has 27 heavy (non-hydrogen) atoms. The lowest BCUT2D eigenvalue weighted by Crippen LogP contribution is -2.40. The molecule has 1 amide bonds. The van der Waals surface area contributed by atoms with Crippen molar-refractivity contribution >= 4 is 11.9 Å². The van der Waals surface area contributed by atoms with Crippen LogP contribution in [0.4, 0.5) is 0 Å². The average Bonchev–Trinajstić information content (AvgIpc) is 3.33. The van der Waals surface area contributed by atoms with Gasteiger partial charge in [-0.3, -0.25) is 4.79 Å². The molecule has 144 valence electrons. The summed E-state index contributed by atoms with van der Waals surface area (Å²) in [5.74, 6) is 2.13. The summed E-state index contributed by atoms with van der Waals surface area (Å²) in [5, 5.41) is 6.60. The number of benzene rings is 1. The Morgan fingerprint density at radius 3 is 2.81 bits per heavy atom. The van der Waals surface area contributed by atoms with Crippen LogP contribution in [0, 0.1) is 5.92 Å². The fourth-order valence-corrected chi connectivity index (χ4v) is 3.26. The van der Waals surface area contributed by atoms with Crippen molar-refractivity contribution in [3.63, 3.8) is 0 Å². The summed E-state index contributed by atoms with van der Waals surface area (Å²) in [7, 11) is 0. The van der Waals surface area contributed by atoms with Crippen molar-refractivity contribution in [2.75, 3.05) is 26.2 Å². The monoisotopic (exact) mass is 368 g/mol. The quantitative estimate of drug-likeness (QED) is 0.555. The van der Waals surface area contributed by atoms with Crippen LogP contribution in [0.2, 0.25) is 0 Å². The maximum absolute atomic E-state index is 12.3. The first-order valence-corrected chi connectivity index (χ1v) is 9.61. The Hall–Kier alpha value is -2.76. The minimum Gasteiger partial charge on any atom is -0.467 e. The van der Waals surface area contributed by atoms with Gasteiger partial charge in [-0.2, -0.15) is 0 Å². The highest BCUT2D eigenvalue weighted by Crippen LogP contribution is 2.17. The third kappa shape index (κ3) is 5.88. The van der Waals surface area contributed by atoms with E-state index in [0.29, 0.717) is 18.9 Å². The summed E-state index contributed by atoms with van der Waals surface area (Å²) in [6, 6.07) is 14.1. The van der Waals surface area contributed by atoms with Crippen LogP contribution >= 0.6 is 0 Å². The number of carbonyl (C=O) groups is 1. The summed E-state index contributed by atoms with van der Waals surface area (Å²) in [4.78, 5) is 18.8. The Kier molecular flexibility index (Phi) is 6.90. The lowest BCUT2D eigenvalue weighted by atomic mass is 10.1. The third-order valence-corrected chi connectivity index (χ3v) is 4.68. The first-order valence-electron chi connectivity index (χ1n) is 9.61. The van der Waals surface area contributed by atoms with Crippen LogP contribution in [0.15, 0.2) is 58.1 Å². The van der Waals surface area contributed by atoms with E-state index in [-0.39, 0.29) is 5.91 Å². The molecule has 0 saturated carbocycles. The molecule has 0 aliphatic carbocycles. The molecule has 2 aromatic rings. The van der Waals surface area contributed by atoms with Gasteiger partial charge >= 0.3 is 0 Å². The molecule has 6 nitrogen and oxygen atoms in total. The van der Waals surface area contributed by atoms with Crippen LogP contribution < -0.4 is 10.6 Å². The van der Waals surface area contributed by atoms with E-state index >= 15 is 0 Å². The largest absolute Gasteiger partial charge is 0.467 e. The van der Waals surface area contributed by atoms with Crippen LogP contribution in [0.1, 0.15) is 24.7 Å². The molecule has 3 rings (SSSR count). The lowest BCUT2D eigenvalue weighted by Gasteiger charge is -2.18. The summed E-state index contributed by atoms with van der Waals surface area (Å²) in [6.07, 6.45) is 3.15. The summed E-state index contributed by atoms with van der Waals surface area (Å²) in [6.45, 7) is 5.64. The van der Waals surface area contributed by atoms with E-state index in [0.717, 1.165) is 44.3 Å². The highest BCUT2D eigenvalue weighted by molar-refractivity contribution is 5.80. The Morgan fingerprint density at radius 2 is 2.07 bits per heavy atom. The van der Waals surface area contributed by atoms with Crippen LogP contribution in [0.25, 0.3) is 0 Å². The molecule has 0 spiro atoms. The standard InChI is InChI=1S/C21H28N4O2/c1-2-22-21(24-15-19-9-6-12-27-19)23-14-18-13-20(26)25(16-18)11-10-17-7-4-3-5-8-17/h3-9,12,18H,2,10-11,13-16H2,1H3,(H2,22,23,24). The molecule has 1 aliphatic rings. The molecule has 1 aromatic heterocycles. The van der Waals surface area contributed by atoms with E-state index in [1.807, 2.05) is 42.2 Å². The predicted molar refractivity (Wildman–Crippen MR) is 106 cm³/mol. The maximum Gasteiger partial charge on any atom is 0.223 e. The van der Waals surface area contributed by atoms with E-state index in [1.165, 1.54) is 5.56 Å². The van der Waals surface area contributed by atoms with Crippen molar-refractivity contribution in [2.24, 2.45) is 10.9 Å². The minimum absolute atomic E-state index is 0.246. The summed E-state index contributed by atoms with van der Waals surface area (Å²) >= 11 is 0. The molecule has 1 aromatic carbocycles. The smallest absolute Gasteiger partial charge is 0.223 e. The van der Waals surface area contributed by atoms with Crippen LogP contribution in [0.5, 0.6) is 0 Å². The van der Waals surface area contributed by atoms with Gasteiger partial charge in [-0.25, -0.2) is 4.99 Å². The second-order valence-electron chi connectivity index (χ2n) is 6.80. The summed E-state index contributed by atoms with van der Waals surface area (Å²) < 4.78 is 5.32. The van der Waals surface area contributed by atoms with Gasteiger partial charge in [0, 0.05) is 38.5 Å². The van der Waals surface area contributed by atoms with E-state index in [2.05, 4.69) is 27.8 Å². The number of furan rings is 1. The van der Waals surface area contributed by atoms with Gasteiger partial charge in [0.25, 0.3) is 0 Å². The molecule has 2 N–H and O–H groups in total. The van der Waals surface area contributed by atoms with Crippen LogP contribution in [0.3, 0.4) is 0 Å². The molecular formula is C21H28N4O2. The van der Waals surface area contributed by atoms with Gasteiger partial charge in [0.2, 0.25) is 5.91 Å². The van der Waals surface area contributed by atoms with Gasteiger partial charge in [0.05, 0.1) is 6.26 Å². The van der Waals surface area contributed by atoms with Crippen molar-refractivity contribution in [1.82, 2.24) is 15.5 Å². The molecule has 1 aliphatic heterocycles. The fraction of sp³-hybridized carbons (Fsp3) is 0.429. The lowest BCUT2D eigenvalue weighted by molar-refractivity contribution is -0.127. The van der Waals surface area contributed by atoms with Gasteiger partial charge in [0.1, 0.15) is 12.3 Å². The van der Waals surface area contributed by atoms with Crippen molar-refractivity contribution < 1.29 is 9.21 Å². The SMILES string of the molecule is CCNC(=NCc1ccco1)NCC1CC(=O)N(CCc2ccccc2)C1. The van der Waals surface area contributed by atoms with Gasteiger partial charge < -0.3 is 20.0 Å². The molecule has 6 heteroatoms. The van der Waals surface area contributed by atoms with E-state index in [4.69, 9.17) is 4.42 Å². The number of hydrogen-bond acceptors (Lipinski definition) is 3.